The Labute approximate surface area is 130 Å². The van der Waals surface area contributed by atoms with Gasteiger partial charge in [-0.2, -0.15) is 4.98 Å². The molecule has 0 unspecified atom stereocenters. The van der Waals surface area contributed by atoms with Crippen molar-refractivity contribution in [3.8, 4) is 0 Å². The first-order chi connectivity index (χ1) is 10.5. The molecule has 0 aliphatic rings. The summed E-state index contributed by atoms with van der Waals surface area (Å²) in [5.74, 6) is 1.07. The molecular formula is C11H12N6O3S2. The maximum Gasteiger partial charge on any atom is 0.272 e. The van der Waals surface area contributed by atoms with E-state index in [0.717, 1.165) is 11.3 Å². The number of hydrogen-bond donors (Lipinski definition) is 1. The third-order valence-corrected chi connectivity index (χ3v) is 5.57. The van der Waals surface area contributed by atoms with Crippen LogP contribution >= 0.6 is 11.3 Å². The van der Waals surface area contributed by atoms with Gasteiger partial charge in [0.2, 0.25) is 5.89 Å². The van der Waals surface area contributed by atoms with E-state index >= 15 is 0 Å². The summed E-state index contributed by atoms with van der Waals surface area (Å²) in [6.45, 7) is 3.64. The number of nitrogens with one attached hydrogen (secondary N) is 1. The van der Waals surface area contributed by atoms with Crippen LogP contribution in [0.15, 0.2) is 26.2 Å². The van der Waals surface area contributed by atoms with Gasteiger partial charge >= 0.3 is 0 Å². The molecule has 0 radical (unpaired) electrons. The van der Waals surface area contributed by atoms with Crippen molar-refractivity contribution in [1.29, 1.82) is 0 Å². The highest BCUT2D eigenvalue weighted by Gasteiger charge is 2.20. The van der Waals surface area contributed by atoms with Gasteiger partial charge in [-0.05, 0) is 18.4 Å². The van der Waals surface area contributed by atoms with Crippen LogP contribution in [0.25, 0.3) is 0 Å². The zero-order chi connectivity index (χ0) is 15.7. The number of thiophene rings is 1. The standard InChI is InChI=1S/C11H12N6O3S2/c1-7-11(15-22(18,19)10-4-3-5-21-10)13-16-17(7)6-9-12-8(2)20-14-9/h3-5,15H,6H2,1-2H3. The summed E-state index contributed by atoms with van der Waals surface area (Å²) in [5.41, 5.74) is 0.558. The predicted molar refractivity (Wildman–Crippen MR) is 78.0 cm³/mol. The second kappa shape index (κ2) is 5.50. The lowest BCUT2D eigenvalue weighted by molar-refractivity contribution is 0.384. The summed E-state index contributed by atoms with van der Waals surface area (Å²) in [6.07, 6.45) is 0. The lowest BCUT2D eigenvalue weighted by atomic mass is 10.4. The molecule has 0 atom stereocenters. The molecule has 0 spiro atoms. The van der Waals surface area contributed by atoms with Crippen LogP contribution in [0.1, 0.15) is 17.4 Å². The summed E-state index contributed by atoms with van der Waals surface area (Å²) in [7, 11) is -3.64. The minimum absolute atomic E-state index is 0.175. The molecule has 0 aromatic carbocycles. The van der Waals surface area contributed by atoms with Gasteiger partial charge < -0.3 is 4.52 Å². The molecule has 11 heteroatoms. The number of anilines is 1. The SMILES string of the molecule is Cc1nc(Cn2nnc(NS(=O)(=O)c3cccs3)c2C)no1. The van der Waals surface area contributed by atoms with Crippen LogP contribution in [-0.2, 0) is 16.6 Å². The van der Waals surface area contributed by atoms with E-state index in [1.54, 1.807) is 25.3 Å². The lowest BCUT2D eigenvalue weighted by Crippen LogP contribution is -2.13. The van der Waals surface area contributed by atoms with Gasteiger partial charge in [0.25, 0.3) is 10.0 Å². The molecule has 3 heterocycles. The van der Waals surface area contributed by atoms with Gasteiger partial charge in [0.15, 0.2) is 11.6 Å². The van der Waals surface area contributed by atoms with Crippen molar-refractivity contribution in [3.63, 3.8) is 0 Å². The van der Waals surface area contributed by atoms with E-state index in [0.29, 0.717) is 17.4 Å². The van der Waals surface area contributed by atoms with E-state index in [-0.39, 0.29) is 16.6 Å². The van der Waals surface area contributed by atoms with Crippen molar-refractivity contribution in [2.75, 3.05) is 4.72 Å². The fourth-order valence-corrected chi connectivity index (χ4v) is 3.79. The molecule has 3 aromatic rings. The fourth-order valence-electron chi connectivity index (χ4n) is 1.74. The second-order valence-electron chi connectivity index (χ2n) is 4.45. The zero-order valence-electron chi connectivity index (χ0n) is 11.7. The van der Waals surface area contributed by atoms with Crippen molar-refractivity contribution in [1.82, 2.24) is 25.1 Å². The summed E-state index contributed by atoms with van der Waals surface area (Å²) in [5, 5.41) is 13.2. The largest absolute Gasteiger partial charge is 0.340 e. The Morgan fingerprint density at radius 3 is 2.86 bits per heavy atom. The van der Waals surface area contributed by atoms with Crippen molar-refractivity contribution >= 4 is 27.2 Å². The maximum atomic E-state index is 12.2. The molecular weight excluding hydrogens is 328 g/mol. The third kappa shape index (κ3) is 2.85. The quantitative estimate of drug-likeness (QED) is 0.741. The van der Waals surface area contributed by atoms with Crippen LogP contribution in [0.3, 0.4) is 0 Å². The summed E-state index contributed by atoms with van der Waals surface area (Å²) in [6, 6.07) is 3.19. The molecule has 116 valence electrons. The fraction of sp³-hybridized carbons (Fsp3) is 0.273. The Morgan fingerprint density at radius 1 is 1.41 bits per heavy atom. The molecule has 0 saturated heterocycles. The van der Waals surface area contributed by atoms with Gasteiger partial charge in [-0.15, -0.1) is 16.4 Å². The van der Waals surface area contributed by atoms with E-state index in [1.807, 2.05) is 0 Å². The first-order valence-electron chi connectivity index (χ1n) is 6.21. The Hall–Kier alpha value is -2.27. The topological polar surface area (TPSA) is 116 Å². The van der Waals surface area contributed by atoms with Crippen LogP contribution in [0, 0.1) is 13.8 Å². The maximum absolute atomic E-state index is 12.2. The van der Waals surface area contributed by atoms with E-state index in [1.165, 1.54) is 10.7 Å². The number of hydrogen-bond acceptors (Lipinski definition) is 8. The number of aromatic nitrogens is 5. The highest BCUT2D eigenvalue weighted by atomic mass is 32.2. The summed E-state index contributed by atoms with van der Waals surface area (Å²) < 4.78 is 33.4. The first kappa shape index (κ1) is 14.7. The Morgan fingerprint density at radius 2 is 2.23 bits per heavy atom. The monoisotopic (exact) mass is 340 g/mol. The summed E-state index contributed by atoms with van der Waals surface area (Å²) in [4.78, 5) is 4.07. The van der Waals surface area contributed by atoms with Crippen LogP contribution in [0.5, 0.6) is 0 Å². The smallest absolute Gasteiger partial charge is 0.272 e. The Kier molecular flexibility index (Phi) is 3.66. The molecule has 0 aliphatic carbocycles. The van der Waals surface area contributed by atoms with Gasteiger partial charge in [-0.25, -0.2) is 13.1 Å². The molecule has 0 fully saturated rings. The second-order valence-corrected chi connectivity index (χ2v) is 7.31. The lowest BCUT2D eigenvalue weighted by Gasteiger charge is -2.04. The minimum Gasteiger partial charge on any atom is -0.340 e. The van der Waals surface area contributed by atoms with Gasteiger partial charge in [0.1, 0.15) is 10.8 Å². The molecule has 0 bridgehead atoms. The third-order valence-electron chi connectivity index (χ3n) is 2.83. The predicted octanol–water partition coefficient (Wildman–Crippen LogP) is 1.19. The first-order valence-corrected chi connectivity index (χ1v) is 8.57. The normalized spacial score (nSPS) is 11.7. The minimum atomic E-state index is -3.64. The molecule has 1 N–H and O–H groups in total. The molecule has 22 heavy (non-hydrogen) atoms. The van der Waals surface area contributed by atoms with Crippen LogP contribution in [0.2, 0.25) is 0 Å². The number of aryl methyl sites for hydroxylation is 1. The Bertz CT molecular complexity index is 881. The molecule has 0 aliphatic heterocycles. The average molecular weight is 340 g/mol. The van der Waals surface area contributed by atoms with Crippen LogP contribution in [-0.4, -0.2) is 33.6 Å². The van der Waals surface area contributed by atoms with Gasteiger partial charge in [0.05, 0.1) is 5.69 Å². The molecule has 9 nitrogen and oxygen atoms in total. The van der Waals surface area contributed by atoms with E-state index in [9.17, 15) is 8.42 Å². The summed E-state index contributed by atoms with van der Waals surface area (Å²) >= 11 is 1.13. The molecule has 3 rings (SSSR count). The van der Waals surface area contributed by atoms with Gasteiger partial charge in [-0.3, -0.25) is 4.72 Å². The number of rotatable bonds is 5. The molecule has 3 aromatic heterocycles. The van der Waals surface area contributed by atoms with Crippen LogP contribution in [0.4, 0.5) is 5.82 Å². The highest BCUT2D eigenvalue weighted by molar-refractivity contribution is 7.94. The molecule has 0 amide bonds. The van der Waals surface area contributed by atoms with Gasteiger partial charge in [-0.1, -0.05) is 16.4 Å². The Balaban J connectivity index is 1.82. The van der Waals surface area contributed by atoms with Crippen molar-refractivity contribution in [2.24, 2.45) is 0 Å². The van der Waals surface area contributed by atoms with Crippen molar-refractivity contribution in [2.45, 2.75) is 24.6 Å². The van der Waals surface area contributed by atoms with Crippen LogP contribution < -0.4 is 4.72 Å². The number of sulfonamides is 1. The average Bonchev–Trinajstić information content (AvgIpc) is 3.17. The van der Waals surface area contributed by atoms with Crippen molar-refractivity contribution < 1.29 is 12.9 Å². The highest BCUT2D eigenvalue weighted by Crippen LogP contribution is 2.20. The van der Waals surface area contributed by atoms with E-state index in [2.05, 4.69) is 25.2 Å². The van der Waals surface area contributed by atoms with Gasteiger partial charge in [0, 0.05) is 6.92 Å². The van der Waals surface area contributed by atoms with Crippen molar-refractivity contribution in [3.05, 3.63) is 34.9 Å². The van der Waals surface area contributed by atoms with E-state index in [4.69, 9.17) is 4.52 Å². The zero-order valence-corrected chi connectivity index (χ0v) is 13.3. The molecule has 0 saturated carbocycles. The number of nitrogens with zero attached hydrogens (tertiary/aromatic N) is 5. The van der Waals surface area contributed by atoms with E-state index < -0.39 is 10.0 Å².